The topological polar surface area (TPSA) is 24.9 Å². The zero-order chi connectivity index (χ0) is 12.3. The number of hydrogen-bond acceptors (Lipinski definition) is 2. The third-order valence-electron chi connectivity index (χ3n) is 2.17. The summed E-state index contributed by atoms with van der Waals surface area (Å²) in [4.78, 5) is 4.23. The Labute approximate surface area is 112 Å². The molecule has 1 N–H and O–H groups in total. The summed E-state index contributed by atoms with van der Waals surface area (Å²) in [5.74, 6) is 0.343. The molecule has 0 amide bonds. The molecule has 5 heteroatoms. The molecule has 0 spiro atoms. The van der Waals surface area contributed by atoms with Gasteiger partial charge in [-0.1, -0.05) is 23.7 Å². The summed E-state index contributed by atoms with van der Waals surface area (Å²) in [5, 5.41) is 3.26. The number of anilines is 1. The second-order valence-corrected chi connectivity index (χ2v) is 4.67. The fourth-order valence-electron chi connectivity index (χ4n) is 1.35. The van der Waals surface area contributed by atoms with Crippen LogP contribution in [0.15, 0.2) is 41.0 Å². The molecule has 1 aromatic carbocycles. The lowest BCUT2D eigenvalue weighted by atomic mass is 10.2. The second kappa shape index (κ2) is 5.47. The Morgan fingerprint density at radius 3 is 2.82 bits per heavy atom. The van der Waals surface area contributed by atoms with Gasteiger partial charge in [0.1, 0.15) is 16.2 Å². The van der Waals surface area contributed by atoms with Gasteiger partial charge in [0.05, 0.1) is 5.02 Å². The zero-order valence-corrected chi connectivity index (χ0v) is 11.1. The van der Waals surface area contributed by atoms with Gasteiger partial charge in [-0.05, 0) is 45.8 Å². The molecule has 88 valence electrons. The molecule has 1 aromatic heterocycles. The van der Waals surface area contributed by atoms with Crippen molar-refractivity contribution in [2.75, 3.05) is 5.32 Å². The van der Waals surface area contributed by atoms with E-state index in [0.29, 0.717) is 6.54 Å². The fourth-order valence-corrected chi connectivity index (χ4v) is 1.90. The van der Waals surface area contributed by atoms with Crippen LogP contribution in [-0.2, 0) is 6.54 Å². The standard InChI is InChI=1S/C12H9BrClFN2/c13-11-2-1-3-12(17-11)16-7-8-4-5-10(15)9(14)6-8/h1-6H,7H2,(H,16,17). The molecule has 0 bridgehead atoms. The van der Waals surface area contributed by atoms with Gasteiger partial charge < -0.3 is 5.32 Å². The second-order valence-electron chi connectivity index (χ2n) is 3.45. The molecule has 0 aliphatic rings. The molecule has 0 saturated carbocycles. The third-order valence-corrected chi connectivity index (χ3v) is 2.90. The molecule has 0 unspecified atom stereocenters. The van der Waals surface area contributed by atoms with Gasteiger partial charge in [-0.3, -0.25) is 0 Å². The van der Waals surface area contributed by atoms with Crippen molar-refractivity contribution in [3.8, 4) is 0 Å². The van der Waals surface area contributed by atoms with E-state index >= 15 is 0 Å². The Balaban J connectivity index is 2.05. The summed E-state index contributed by atoms with van der Waals surface area (Å²) in [6.07, 6.45) is 0. The number of aromatic nitrogens is 1. The van der Waals surface area contributed by atoms with E-state index in [9.17, 15) is 4.39 Å². The Morgan fingerprint density at radius 2 is 2.12 bits per heavy atom. The van der Waals surface area contributed by atoms with E-state index in [1.807, 2.05) is 18.2 Å². The molecule has 1 heterocycles. The number of pyridine rings is 1. The van der Waals surface area contributed by atoms with Gasteiger partial charge in [0.15, 0.2) is 0 Å². The molecule has 2 nitrogen and oxygen atoms in total. The first-order chi connectivity index (χ1) is 8.15. The number of nitrogens with zero attached hydrogens (tertiary/aromatic N) is 1. The molecule has 0 atom stereocenters. The molecular formula is C12H9BrClFN2. The quantitative estimate of drug-likeness (QED) is 0.857. The molecule has 0 radical (unpaired) electrons. The highest BCUT2D eigenvalue weighted by atomic mass is 79.9. The Hall–Kier alpha value is -1.13. The number of halogens is 3. The van der Waals surface area contributed by atoms with E-state index < -0.39 is 5.82 Å². The number of nitrogens with one attached hydrogen (secondary N) is 1. The SMILES string of the molecule is Fc1ccc(CNc2cccc(Br)n2)cc1Cl. The lowest BCUT2D eigenvalue weighted by Gasteiger charge is -2.06. The van der Waals surface area contributed by atoms with Crippen molar-refractivity contribution in [1.29, 1.82) is 0 Å². The van der Waals surface area contributed by atoms with Crippen LogP contribution in [0, 0.1) is 5.82 Å². The number of rotatable bonds is 3. The van der Waals surface area contributed by atoms with Crippen molar-refractivity contribution >= 4 is 33.3 Å². The van der Waals surface area contributed by atoms with Crippen LogP contribution in [0.4, 0.5) is 10.2 Å². The van der Waals surface area contributed by atoms with Crippen molar-refractivity contribution in [3.05, 3.63) is 57.4 Å². The van der Waals surface area contributed by atoms with Crippen molar-refractivity contribution in [1.82, 2.24) is 4.98 Å². The number of benzene rings is 1. The van der Waals surface area contributed by atoms with Crippen LogP contribution in [0.25, 0.3) is 0 Å². The molecule has 17 heavy (non-hydrogen) atoms. The minimum Gasteiger partial charge on any atom is -0.366 e. The molecule has 2 rings (SSSR count). The molecule has 0 fully saturated rings. The molecule has 0 aliphatic heterocycles. The lowest BCUT2D eigenvalue weighted by molar-refractivity contribution is 0.627. The first kappa shape index (κ1) is 12.3. The fraction of sp³-hybridized carbons (Fsp3) is 0.0833. The van der Waals surface area contributed by atoms with Crippen LogP contribution in [0.1, 0.15) is 5.56 Å². The summed E-state index contributed by atoms with van der Waals surface area (Å²) in [5.41, 5.74) is 0.901. The summed E-state index contributed by atoms with van der Waals surface area (Å²) >= 11 is 8.98. The highest BCUT2D eigenvalue weighted by molar-refractivity contribution is 9.10. The van der Waals surface area contributed by atoms with E-state index in [1.165, 1.54) is 6.07 Å². The Kier molecular flexibility index (Phi) is 3.97. The van der Waals surface area contributed by atoms with E-state index in [1.54, 1.807) is 12.1 Å². The monoisotopic (exact) mass is 314 g/mol. The molecular weight excluding hydrogens is 307 g/mol. The van der Waals surface area contributed by atoms with Crippen LogP contribution < -0.4 is 5.32 Å². The van der Waals surface area contributed by atoms with Crippen LogP contribution in [0.5, 0.6) is 0 Å². The van der Waals surface area contributed by atoms with Crippen molar-refractivity contribution in [2.45, 2.75) is 6.54 Å². The van der Waals surface area contributed by atoms with Crippen molar-refractivity contribution in [2.24, 2.45) is 0 Å². The third kappa shape index (κ3) is 3.41. The Bertz CT molecular complexity index is 534. The predicted molar refractivity (Wildman–Crippen MR) is 70.7 cm³/mol. The van der Waals surface area contributed by atoms with Gasteiger partial charge in [0.25, 0.3) is 0 Å². The maximum absolute atomic E-state index is 12.9. The van der Waals surface area contributed by atoms with Gasteiger partial charge in [0, 0.05) is 6.54 Å². The molecule has 2 aromatic rings. The summed E-state index contributed by atoms with van der Waals surface area (Å²) in [6.45, 7) is 0.545. The Morgan fingerprint density at radius 1 is 1.29 bits per heavy atom. The average molecular weight is 316 g/mol. The van der Waals surface area contributed by atoms with Crippen LogP contribution in [-0.4, -0.2) is 4.98 Å². The summed E-state index contributed by atoms with van der Waals surface area (Å²) in [6, 6.07) is 10.2. The van der Waals surface area contributed by atoms with E-state index in [-0.39, 0.29) is 5.02 Å². The average Bonchev–Trinajstić information content (AvgIpc) is 2.31. The van der Waals surface area contributed by atoms with Crippen molar-refractivity contribution in [3.63, 3.8) is 0 Å². The van der Waals surface area contributed by atoms with Crippen LogP contribution in [0.2, 0.25) is 5.02 Å². The molecule has 0 aliphatic carbocycles. The van der Waals surface area contributed by atoms with Gasteiger partial charge in [-0.25, -0.2) is 9.37 Å². The van der Waals surface area contributed by atoms with Gasteiger partial charge in [-0.2, -0.15) is 0 Å². The minimum atomic E-state index is -0.406. The van der Waals surface area contributed by atoms with Gasteiger partial charge in [0.2, 0.25) is 0 Å². The maximum atomic E-state index is 12.9. The highest BCUT2D eigenvalue weighted by Gasteiger charge is 2.01. The smallest absolute Gasteiger partial charge is 0.141 e. The number of hydrogen-bond donors (Lipinski definition) is 1. The van der Waals surface area contributed by atoms with Gasteiger partial charge in [-0.15, -0.1) is 0 Å². The zero-order valence-electron chi connectivity index (χ0n) is 8.75. The first-order valence-corrected chi connectivity index (χ1v) is 6.12. The molecule has 0 saturated heterocycles. The largest absolute Gasteiger partial charge is 0.366 e. The van der Waals surface area contributed by atoms with Crippen molar-refractivity contribution < 1.29 is 4.39 Å². The van der Waals surface area contributed by atoms with E-state index in [4.69, 9.17) is 11.6 Å². The predicted octanol–water partition coefficient (Wildman–Crippen LogP) is 4.25. The van der Waals surface area contributed by atoms with E-state index in [0.717, 1.165) is 16.0 Å². The lowest BCUT2D eigenvalue weighted by Crippen LogP contribution is -2.01. The van der Waals surface area contributed by atoms with Crippen LogP contribution >= 0.6 is 27.5 Å². The minimum absolute atomic E-state index is 0.131. The summed E-state index contributed by atoms with van der Waals surface area (Å²) < 4.78 is 13.7. The maximum Gasteiger partial charge on any atom is 0.141 e. The summed E-state index contributed by atoms with van der Waals surface area (Å²) in [7, 11) is 0. The van der Waals surface area contributed by atoms with Crippen LogP contribution in [0.3, 0.4) is 0 Å². The first-order valence-electron chi connectivity index (χ1n) is 4.95. The van der Waals surface area contributed by atoms with E-state index in [2.05, 4.69) is 26.2 Å². The van der Waals surface area contributed by atoms with Gasteiger partial charge >= 0.3 is 0 Å². The highest BCUT2D eigenvalue weighted by Crippen LogP contribution is 2.17. The normalized spacial score (nSPS) is 10.3.